The van der Waals surface area contributed by atoms with E-state index in [-0.39, 0.29) is 17.5 Å². The standard InChI is InChI=1S/C22H25ClN8O/c1-13-15(12-24)20(30-22(25)28-13)27-11-8-18-29-17-6-2-5-16(23)19(17)21(32)31(18)14-4-3-9-26-10-7-14/h2,5-6,14,26H,3-4,7-11H2,1H3,(H3,25,27,28,30)/t14-/m1/s1. The van der Waals surface area contributed by atoms with Gasteiger partial charge in [0.15, 0.2) is 0 Å². The van der Waals surface area contributed by atoms with E-state index in [0.29, 0.717) is 51.8 Å². The van der Waals surface area contributed by atoms with Gasteiger partial charge in [-0.2, -0.15) is 10.2 Å². The van der Waals surface area contributed by atoms with E-state index in [0.717, 1.165) is 32.4 Å². The van der Waals surface area contributed by atoms with Crippen molar-refractivity contribution in [2.24, 2.45) is 0 Å². The molecule has 0 amide bonds. The topological polar surface area (TPSA) is 135 Å². The molecule has 4 N–H and O–H groups in total. The van der Waals surface area contributed by atoms with Crippen LogP contribution in [0.4, 0.5) is 11.8 Å². The number of nitrogens with one attached hydrogen (secondary N) is 2. The Balaban J connectivity index is 1.70. The highest BCUT2D eigenvalue weighted by molar-refractivity contribution is 6.35. The van der Waals surface area contributed by atoms with Crippen LogP contribution in [-0.2, 0) is 6.42 Å². The number of hydrogen-bond acceptors (Lipinski definition) is 8. The largest absolute Gasteiger partial charge is 0.368 e. The molecule has 1 atom stereocenters. The molecular formula is C22H25ClN8O. The molecule has 0 saturated carbocycles. The predicted molar refractivity (Wildman–Crippen MR) is 125 cm³/mol. The van der Waals surface area contributed by atoms with Crippen molar-refractivity contribution in [3.63, 3.8) is 0 Å². The second-order valence-corrected chi connectivity index (χ2v) is 8.26. The molecular weight excluding hydrogens is 428 g/mol. The first-order valence-corrected chi connectivity index (χ1v) is 11.1. The fourth-order valence-corrected chi connectivity index (χ4v) is 4.46. The molecule has 4 rings (SSSR count). The van der Waals surface area contributed by atoms with Gasteiger partial charge in [-0.1, -0.05) is 17.7 Å². The fraction of sp³-hybridized carbons (Fsp3) is 0.409. The molecule has 9 nitrogen and oxygen atoms in total. The van der Waals surface area contributed by atoms with Crippen LogP contribution in [0.2, 0.25) is 5.02 Å². The number of nitriles is 1. The van der Waals surface area contributed by atoms with Crippen molar-refractivity contribution in [3.8, 4) is 6.07 Å². The highest BCUT2D eigenvalue weighted by Crippen LogP contribution is 2.24. The molecule has 0 spiro atoms. The number of fused-ring (bicyclic) bond motifs is 1. The number of anilines is 2. The number of hydrogen-bond donors (Lipinski definition) is 3. The van der Waals surface area contributed by atoms with Crippen molar-refractivity contribution in [2.45, 2.75) is 38.6 Å². The third-order valence-electron chi connectivity index (χ3n) is 5.72. The maximum Gasteiger partial charge on any atom is 0.263 e. The van der Waals surface area contributed by atoms with Crippen molar-refractivity contribution in [2.75, 3.05) is 30.7 Å². The van der Waals surface area contributed by atoms with Crippen LogP contribution in [-0.4, -0.2) is 39.2 Å². The Bertz CT molecular complexity index is 1240. The molecule has 0 aliphatic carbocycles. The molecule has 1 aliphatic heterocycles. The fourth-order valence-electron chi connectivity index (χ4n) is 4.21. The van der Waals surface area contributed by atoms with E-state index in [2.05, 4.69) is 26.7 Å². The van der Waals surface area contributed by atoms with Crippen molar-refractivity contribution in [1.82, 2.24) is 24.8 Å². The summed E-state index contributed by atoms with van der Waals surface area (Å²) in [5.74, 6) is 1.17. The Morgan fingerprint density at radius 3 is 2.97 bits per heavy atom. The zero-order valence-electron chi connectivity index (χ0n) is 17.9. The average molecular weight is 453 g/mol. The van der Waals surface area contributed by atoms with E-state index < -0.39 is 0 Å². The average Bonchev–Trinajstić information content (AvgIpc) is 3.03. The highest BCUT2D eigenvalue weighted by Gasteiger charge is 2.22. The first-order valence-electron chi connectivity index (χ1n) is 10.7. The summed E-state index contributed by atoms with van der Waals surface area (Å²) in [7, 11) is 0. The van der Waals surface area contributed by atoms with Gasteiger partial charge in [0, 0.05) is 19.0 Å². The summed E-state index contributed by atoms with van der Waals surface area (Å²) < 4.78 is 1.81. The molecule has 10 heteroatoms. The van der Waals surface area contributed by atoms with E-state index in [1.807, 2.05) is 4.57 Å². The summed E-state index contributed by atoms with van der Waals surface area (Å²) in [4.78, 5) is 26.5. The van der Waals surface area contributed by atoms with Crippen LogP contribution in [0.15, 0.2) is 23.0 Å². The summed E-state index contributed by atoms with van der Waals surface area (Å²) >= 11 is 6.37. The zero-order chi connectivity index (χ0) is 22.7. The molecule has 2 aromatic heterocycles. The van der Waals surface area contributed by atoms with Crippen LogP contribution >= 0.6 is 11.6 Å². The van der Waals surface area contributed by atoms with E-state index in [4.69, 9.17) is 22.3 Å². The monoisotopic (exact) mass is 452 g/mol. The van der Waals surface area contributed by atoms with Crippen molar-refractivity contribution < 1.29 is 0 Å². The first kappa shape index (κ1) is 22.0. The summed E-state index contributed by atoms with van der Waals surface area (Å²) in [6, 6.07) is 7.49. The Morgan fingerprint density at radius 2 is 2.16 bits per heavy atom. The number of nitrogen functional groups attached to an aromatic ring is 1. The molecule has 1 aliphatic rings. The van der Waals surface area contributed by atoms with E-state index in [9.17, 15) is 10.1 Å². The summed E-state index contributed by atoms with van der Waals surface area (Å²) in [5, 5.41) is 16.9. The Hall–Kier alpha value is -3.22. The summed E-state index contributed by atoms with van der Waals surface area (Å²) in [6.07, 6.45) is 3.19. The molecule has 1 aromatic carbocycles. The molecule has 32 heavy (non-hydrogen) atoms. The molecule has 0 radical (unpaired) electrons. The van der Waals surface area contributed by atoms with E-state index in [1.165, 1.54) is 0 Å². The van der Waals surface area contributed by atoms with Gasteiger partial charge >= 0.3 is 0 Å². The van der Waals surface area contributed by atoms with Gasteiger partial charge in [0.05, 0.1) is 21.6 Å². The van der Waals surface area contributed by atoms with Gasteiger partial charge in [-0.3, -0.25) is 9.36 Å². The number of nitrogens with two attached hydrogens (primary N) is 1. The van der Waals surface area contributed by atoms with Gasteiger partial charge in [0.25, 0.3) is 5.56 Å². The lowest BCUT2D eigenvalue weighted by Gasteiger charge is -2.22. The smallest absolute Gasteiger partial charge is 0.263 e. The molecule has 1 fully saturated rings. The summed E-state index contributed by atoms with van der Waals surface area (Å²) in [6.45, 7) is 3.93. The molecule has 166 valence electrons. The Morgan fingerprint density at radius 1 is 1.31 bits per heavy atom. The Labute approximate surface area is 190 Å². The van der Waals surface area contributed by atoms with E-state index in [1.54, 1.807) is 25.1 Å². The van der Waals surface area contributed by atoms with Crippen LogP contribution in [0.1, 0.15) is 42.4 Å². The first-order chi connectivity index (χ1) is 15.5. The lowest BCUT2D eigenvalue weighted by Crippen LogP contribution is -2.31. The van der Waals surface area contributed by atoms with E-state index >= 15 is 0 Å². The minimum Gasteiger partial charge on any atom is -0.368 e. The second-order valence-electron chi connectivity index (χ2n) is 7.85. The maximum atomic E-state index is 13.5. The van der Waals surface area contributed by atoms with Crippen LogP contribution < -0.4 is 21.9 Å². The second kappa shape index (κ2) is 9.51. The van der Waals surface area contributed by atoms with Crippen LogP contribution in [0.25, 0.3) is 10.9 Å². The third-order valence-corrected chi connectivity index (χ3v) is 6.04. The number of nitrogens with zero attached hydrogens (tertiary/aromatic N) is 5. The highest BCUT2D eigenvalue weighted by atomic mass is 35.5. The Kier molecular flexibility index (Phi) is 6.53. The van der Waals surface area contributed by atoms with Gasteiger partial charge in [-0.05, 0) is 51.4 Å². The normalized spacial score (nSPS) is 16.5. The molecule has 3 heterocycles. The van der Waals surface area contributed by atoms with Crippen LogP contribution in [0.3, 0.4) is 0 Å². The maximum absolute atomic E-state index is 13.5. The van der Waals surface area contributed by atoms with Crippen molar-refractivity contribution in [1.29, 1.82) is 5.26 Å². The molecule has 0 bridgehead atoms. The van der Waals surface area contributed by atoms with Gasteiger partial charge < -0.3 is 16.4 Å². The number of halogens is 1. The van der Waals surface area contributed by atoms with Crippen molar-refractivity contribution >= 4 is 34.3 Å². The van der Waals surface area contributed by atoms with Gasteiger partial charge in [0.1, 0.15) is 23.3 Å². The lowest BCUT2D eigenvalue weighted by atomic mass is 10.1. The molecule has 0 unspecified atom stereocenters. The quantitative estimate of drug-likeness (QED) is 0.537. The number of aryl methyl sites for hydroxylation is 1. The SMILES string of the molecule is Cc1nc(N)nc(NCCc2nc3cccc(Cl)c3c(=O)n2[C@@H]2CCCNCC2)c1C#N. The number of benzene rings is 1. The van der Waals surface area contributed by atoms with Crippen molar-refractivity contribution in [3.05, 3.63) is 50.7 Å². The zero-order valence-corrected chi connectivity index (χ0v) is 18.6. The molecule has 1 saturated heterocycles. The summed E-state index contributed by atoms with van der Waals surface area (Å²) in [5.41, 5.74) is 7.09. The van der Waals surface area contributed by atoms with Gasteiger partial charge in [-0.25, -0.2) is 9.97 Å². The van der Waals surface area contributed by atoms with Gasteiger partial charge in [0.2, 0.25) is 5.95 Å². The third kappa shape index (κ3) is 4.38. The molecule has 3 aromatic rings. The lowest BCUT2D eigenvalue weighted by molar-refractivity contribution is 0.424. The van der Waals surface area contributed by atoms with Gasteiger partial charge in [-0.15, -0.1) is 0 Å². The minimum absolute atomic E-state index is 0.0484. The predicted octanol–water partition coefficient (Wildman–Crippen LogP) is 2.57. The number of aromatic nitrogens is 4. The number of rotatable bonds is 5. The van der Waals surface area contributed by atoms with Crippen LogP contribution in [0, 0.1) is 18.3 Å². The van der Waals surface area contributed by atoms with Crippen LogP contribution in [0.5, 0.6) is 0 Å². The minimum atomic E-state index is -0.109.